The van der Waals surface area contributed by atoms with Crippen LogP contribution in [0.15, 0.2) is 59.5 Å². The molecule has 1 amide bonds. The molecule has 0 bridgehead atoms. The Kier molecular flexibility index (Phi) is 6.32. The summed E-state index contributed by atoms with van der Waals surface area (Å²) < 4.78 is 15.9. The zero-order chi connectivity index (χ0) is 22.7. The van der Waals surface area contributed by atoms with Crippen molar-refractivity contribution >= 4 is 28.4 Å². The van der Waals surface area contributed by atoms with E-state index in [1.54, 1.807) is 35.1 Å². The van der Waals surface area contributed by atoms with Gasteiger partial charge in [-0.05, 0) is 55.3 Å². The van der Waals surface area contributed by atoms with Crippen LogP contribution >= 0.6 is 11.6 Å². The van der Waals surface area contributed by atoms with Gasteiger partial charge >= 0.3 is 0 Å². The fraction of sp³-hybridized carbons (Fsp3) is 0.217. The number of hydrogen-bond donors (Lipinski definition) is 1. The molecule has 0 unspecified atom stereocenters. The predicted molar refractivity (Wildman–Crippen MR) is 120 cm³/mol. The molecule has 0 saturated heterocycles. The molecule has 0 aliphatic rings. The molecule has 0 radical (unpaired) electrons. The highest BCUT2D eigenvalue weighted by Crippen LogP contribution is 2.17. The first-order valence-corrected chi connectivity index (χ1v) is 10.5. The standard InChI is InChI=1S/C23H21ClFN5O2/c1-15-20-14-30(19-10-6-17(24)7-11-19)28-22(20)23(32)29(27-15)12-2-3-21(31)26-13-16-4-8-18(25)9-5-16/h4-11,14H,2-3,12-13H2,1H3,(H,26,31). The van der Waals surface area contributed by atoms with Crippen molar-refractivity contribution in [2.75, 3.05) is 0 Å². The van der Waals surface area contributed by atoms with E-state index in [2.05, 4.69) is 15.5 Å². The third-order valence-electron chi connectivity index (χ3n) is 5.08. The van der Waals surface area contributed by atoms with Crippen LogP contribution in [0.4, 0.5) is 4.39 Å². The van der Waals surface area contributed by atoms with Crippen molar-refractivity contribution in [3.63, 3.8) is 0 Å². The monoisotopic (exact) mass is 453 g/mol. The van der Waals surface area contributed by atoms with Crippen LogP contribution in [0.2, 0.25) is 5.02 Å². The van der Waals surface area contributed by atoms with E-state index in [4.69, 9.17) is 11.6 Å². The molecule has 2 heterocycles. The summed E-state index contributed by atoms with van der Waals surface area (Å²) in [4.78, 5) is 25.0. The minimum Gasteiger partial charge on any atom is -0.352 e. The quantitative estimate of drug-likeness (QED) is 0.461. The summed E-state index contributed by atoms with van der Waals surface area (Å²) in [5, 5.41) is 12.9. The SMILES string of the molecule is Cc1nn(CCCC(=O)NCc2ccc(F)cc2)c(=O)c2nn(-c3ccc(Cl)cc3)cc12. The van der Waals surface area contributed by atoms with Crippen LogP contribution < -0.4 is 10.9 Å². The minimum atomic E-state index is -0.316. The Morgan fingerprint density at radius 1 is 1.09 bits per heavy atom. The molecular weight excluding hydrogens is 433 g/mol. The molecule has 2 aromatic carbocycles. The van der Waals surface area contributed by atoms with Crippen molar-refractivity contribution in [1.29, 1.82) is 0 Å². The molecule has 0 fully saturated rings. The first-order valence-electron chi connectivity index (χ1n) is 10.1. The highest BCUT2D eigenvalue weighted by atomic mass is 35.5. The molecule has 4 rings (SSSR count). The average Bonchev–Trinajstić information content (AvgIpc) is 3.24. The third-order valence-corrected chi connectivity index (χ3v) is 5.33. The second-order valence-corrected chi connectivity index (χ2v) is 7.87. The highest BCUT2D eigenvalue weighted by molar-refractivity contribution is 6.30. The van der Waals surface area contributed by atoms with Crippen LogP contribution in [0.3, 0.4) is 0 Å². The summed E-state index contributed by atoms with van der Waals surface area (Å²) in [6.07, 6.45) is 2.46. The highest BCUT2D eigenvalue weighted by Gasteiger charge is 2.13. The number of benzene rings is 2. The fourth-order valence-corrected chi connectivity index (χ4v) is 3.48. The zero-order valence-electron chi connectivity index (χ0n) is 17.4. The first-order chi connectivity index (χ1) is 15.4. The molecule has 0 saturated carbocycles. The fourth-order valence-electron chi connectivity index (χ4n) is 3.36. The lowest BCUT2D eigenvalue weighted by Crippen LogP contribution is -2.26. The molecule has 0 spiro atoms. The number of nitrogens with zero attached hydrogens (tertiary/aromatic N) is 4. The van der Waals surface area contributed by atoms with Crippen molar-refractivity contribution in [1.82, 2.24) is 24.9 Å². The predicted octanol–water partition coefficient (Wildman–Crippen LogP) is 3.78. The van der Waals surface area contributed by atoms with Crippen molar-refractivity contribution in [3.05, 3.63) is 87.2 Å². The van der Waals surface area contributed by atoms with Crippen molar-refractivity contribution in [3.8, 4) is 5.69 Å². The molecule has 1 N–H and O–H groups in total. The van der Waals surface area contributed by atoms with Gasteiger partial charge in [-0.15, -0.1) is 0 Å². The Labute approximate surface area is 188 Å². The van der Waals surface area contributed by atoms with Gasteiger partial charge in [-0.25, -0.2) is 13.8 Å². The van der Waals surface area contributed by atoms with Gasteiger partial charge in [0.1, 0.15) is 5.82 Å². The first kappa shape index (κ1) is 21.7. The number of hydrogen-bond acceptors (Lipinski definition) is 4. The molecule has 7 nitrogen and oxygen atoms in total. The van der Waals surface area contributed by atoms with Gasteiger partial charge in [0.05, 0.1) is 11.4 Å². The second kappa shape index (κ2) is 9.32. The van der Waals surface area contributed by atoms with Crippen molar-refractivity contribution in [2.45, 2.75) is 32.9 Å². The summed E-state index contributed by atoms with van der Waals surface area (Å²) in [7, 11) is 0. The van der Waals surface area contributed by atoms with Crippen LogP contribution in [-0.4, -0.2) is 25.5 Å². The van der Waals surface area contributed by atoms with E-state index in [0.717, 1.165) is 11.3 Å². The molecule has 9 heteroatoms. The van der Waals surface area contributed by atoms with E-state index in [-0.39, 0.29) is 23.7 Å². The van der Waals surface area contributed by atoms with Crippen molar-refractivity contribution in [2.24, 2.45) is 0 Å². The maximum atomic E-state index is 12.9. The number of rotatable bonds is 7. The number of aryl methyl sites for hydroxylation is 2. The number of amides is 1. The summed E-state index contributed by atoms with van der Waals surface area (Å²) >= 11 is 5.94. The van der Waals surface area contributed by atoms with E-state index < -0.39 is 0 Å². The number of nitrogens with one attached hydrogen (secondary N) is 1. The molecule has 0 aliphatic carbocycles. The van der Waals surface area contributed by atoms with Crippen LogP contribution in [0.5, 0.6) is 0 Å². The Morgan fingerprint density at radius 2 is 1.81 bits per heavy atom. The smallest absolute Gasteiger partial charge is 0.295 e. The Morgan fingerprint density at radius 3 is 2.53 bits per heavy atom. The number of aromatic nitrogens is 4. The van der Waals surface area contributed by atoms with Gasteiger partial charge in [0.25, 0.3) is 5.56 Å². The van der Waals surface area contributed by atoms with Gasteiger partial charge in [0.15, 0.2) is 5.52 Å². The van der Waals surface area contributed by atoms with Crippen LogP contribution in [0, 0.1) is 12.7 Å². The summed E-state index contributed by atoms with van der Waals surface area (Å²) in [5.74, 6) is -0.463. The number of carbonyl (C=O) groups is 1. The van der Waals surface area contributed by atoms with Gasteiger partial charge in [-0.3, -0.25) is 9.59 Å². The van der Waals surface area contributed by atoms with Crippen molar-refractivity contribution < 1.29 is 9.18 Å². The van der Waals surface area contributed by atoms with Gasteiger partial charge in [0.2, 0.25) is 5.91 Å². The summed E-state index contributed by atoms with van der Waals surface area (Å²) in [6.45, 7) is 2.44. The van der Waals surface area contributed by atoms with Gasteiger partial charge in [-0.2, -0.15) is 10.2 Å². The van der Waals surface area contributed by atoms with Crippen LogP contribution in [0.25, 0.3) is 16.6 Å². The minimum absolute atomic E-state index is 0.146. The van der Waals surface area contributed by atoms with Gasteiger partial charge in [0, 0.05) is 36.1 Å². The van der Waals surface area contributed by atoms with Crippen LogP contribution in [-0.2, 0) is 17.9 Å². The Balaban J connectivity index is 1.41. The number of halogens is 2. The second-order valence-electron chi connectivity index (χ2n) is 7.43. The van der Waals surface area contributed by atoms with E-state index >= 15 is 0 Å². The maximum Gasteiger partial charge on any atom is 0.295 e. The number of carbonyl (C=O) groups excluding carboxylic acids is 1. The van der Waals surface area contributed by atoms with Gasteiger partial charge in [-0.1, -0.05) is 23.7 Å². The zero-order valence-corrected chi connectivity index (χ0v) is 18.1. The average molecular weight is 454 g/mol. The lowest BCUT2D eigenvalue weighted by molar-refractivity contribution is -0.121. The Bertz CT molecular complexity index is 1310. The molecule has 164 valence electrons. The molecule has 0 aliphatic heterocycles. The normalized spacial score (nSPS) is 11.1. The third kappa shape index (κ3) is 4.86. The summed E-state index contributed by atoms with van der Waals surface area (Å²) in [6, 6.07) is 13.1. The lowest BCUT2D eigenvalue weighted by Gasteiger charge is -2.07. The molecule has 0 atom stereocenters. The number of fused-ring (bicyclic) bond motifs is 1. The topological polar surface area (TPSA) is 81.8 Å². The maximum absolute atomic E-state index is 12.9. The largest absolute Gasteiger partial charge is 0.352 e. The van der Waals surface area contributed by atoms with E-state index in [0.29, 0.717) is 41.1 Å². The molecule has 4 aromatic rings. The molecule has 2 aromatic heterocycles. The van der Waals surface area contributed by atoms with E-state index in [9.17, 15) is 14.0 Å². The van der Waals surface area contributed by atoms with E-state index in [1.807, 2.05) is 19.1 Å². The van der Waals surface area contributed by atoms with E-state index in [1.165, 1.54) is 16.8 Å². The lowest BCUT2D eigenvalue weighted by atomic mass is 10.2. The Hall–Kier alpha value is -3.52. The molecule has 32 heavy (non-hydrogen) atoms. The van der Waals surface area contributed by atoms with Gasteiger partial charge < -0.3 is 5.32 Å². The molecular formula is C23H21ClFN5O2. The summed E-state index contributed by atoms with van der Waals surface area (Å²) in [5.41, 5.74) is 2.31. The van der Waals surface area contributed by atoms with Crippen LogP contribution in [0.1, 0.15) is 24.1 Å².